The molecule has 6 nitrogen and oxygen atoms in total. The highest BCUT2D eigenvalue weighted by Crippen LogP contribution is 2.25. The van der Waals surface area contributed by atoms with Gasteiger partial charge in [0.25, 0.3) is 0 Å². The molecule has 0 radical (unpaired) electrons. The van der Waals surface area contributed by atoms with Gasteiger partial charge in [0.15, 0.2) is 0 Å². The van der Waals surface area contributed by atoms with Gasteiger partial charge in [0.2, 0.25) is 5.91 Å². The Morgan fingerprint density at radius 1 is 1.25 bits per heavy atom. The van der Waals surface area contributed by atoms with Crippen LogP contribution in [0, 0.1) is 5.92 Å². The molecule has 6 heteroatoms. The van der Waals surface area contributed by atoms with E-state index in [1.807, 2.05) is 41.5 Å². The van der Waals surface area contributed by atoms with E-state index in [1.165, 1.54) is 0 Å². The van der Waals surface area contributed by atoms with Gasteiger partial charge >= 0.3 is 6.09 Å². The summed E-state index contributed by atoms with van der Waals surface area (Å²) in [5, 5.41) is 3.07. The lowest BCUT2D eigenvalue weighted by atomic mass is 9.88. The zero-order chi connectivity index (χ0) is 18.5. The summed E-state index contributed by atoms with van der Waals surface area (Å²) in [7, 11) is 0. The highest BCUT2D eigenvalue weighted by molar-refractivity contribution is 5.82. The molecule has 0 aromatic rings. The molecule has 0 heterocycles. The zero-order valence-electron chi connectivity index (χ0n) is 16.1. The summed E-state index contributed by atoms with van der Waals surface area (Å²) in [4.78, 5) is 26.6. The van der Waals surface area contributed by atoms with Gasteiger partial charge in [-0.2, -0.15) is 0 Å². The van der Waals surface area contributed by atoms with Crippen LogP contribution in [0.5, 0.6) is 0 Å². The lowest BCUT2D eigenvalue weighted by Gasteiger charge is -2.40. The molecule has 3 N–H and O–H groups in total. The van der Waals surface area contributed by atoms with Gasteiger partial charge in [0.05, 0.1) is 12.1 Å². The highest BCUT2D eigenvalue weighted by Gasteiger charge is 2.36. The molecule has 0 aromatic carbocycles. The Morgan fingerprint density at radius 2 is 1.83 bits per heavy atom. The topological polar surface area (TPSA) is 84.7 Å². The van der Waals surface area contributed by atoms with E-state index in [2.05, 4.69) is 5.32 Å². The Labute approximate surface area is 146 Å². The molecule has 1 aliphatic carbocycles. The predicted octanol–water partition coefficient (Wildman–Crippen LogP) is 2.65. The lowest BCUT2D eigenvalue weighted by Crippen LogP contribution is -2.58. The molecule has 0 aromatic heterocycles. The number of likely N-dealkylation sites (N-methyl/N-ethyl adjacent to an activating group) is 1. The maximum absolute atomic E-state index is 12.5. The Hall–Kier alpha value is -1.30. The van der Waals surface area contributed by atoms with E-state index in [1.54, 1.807) is 4.90 Å². The molecule has 1 aliphatic rings. The number of rotatable bonds is 5. The summed E-state index contributed by atoms with van der Waals surface area (Å²) in [5.41, 5.74) is 5.43. The molecule has 1 rings (SSSR count). The van der Waals surface area contributed by atoms with E-state index in [9.17, 15) is 9.59 Å². The number of amides is 2. The third-order valence-corrected chi connectivity index (χ3v) is 4.45. The fraction of sp³-hybridized carbons (Fsp3) is 0.889. The predicted molar refractivity (Wildman–Crippen MR) is 95.6 cm³/mol. The first-order valence-corrected chi connectivity index (χ1v) is 9.12. The van der Waals surface area contributed by atoms with Crippen molar-refractivity contribution < 1.29 is 14.3 Å². The summed E-state index contributed by atoms with van der Waals surface area (Å²) >= 11 is 0. The van der Waals surface area contributed by atoms with Crippen LogP contribution in [0.1, 0.15) is 67.2 Å². The van der Waals surface area contributed by atoms with Crippen LogP contribution >= 0.6 is 0 Å². The van der Waals surface area contributed by atoms with Crippen LogP contribution in [0.15, 0.2) is 0 Å². The molecule has 0 aliphatic heterocycles. The first-order chi connectivity index (χ1) is 11.1. The van der Waals surface area contributed by atoms with Crippen LogP contribution in [0.3, 0.4) is 0 Å². The number of hydrogen-bond acceptors (Lipinski definition) is 4. The number of nitrogens with two attached hydrogens (primary N) is 1. The second-order valence-electron chi connectivity index (χ2n) is 8.00. The second kappa shape index (κ2) is 8.70. The molecular formula is C18H35N3O3. The Bertz CT molecular complexity index is 432. The fourth-order valence-corrected chi connectivity index (χ4v) is 3.05. The van der Waals surface area contributed by atoms with Crippen molar-refractivity contribution in [3.05, 3.63) is 0 Å². The molecule has 2 amide bonds. The van der Waals surface area contributed by atoms with Gasteiger partial charge in [-0.1, -0.05) is 26.7 Å². The average molecular weight is 341 g/mol. The third-order valence-electron chi connectivity index (χ3n) is 4.45. The third kappa shape index (κ3) is 5.96. The Balaban J connectivity index is 2.83. The minimum absolute atomic E-state index is 0.0399. The molecular weight excluding hydrogens is 306 g/mol. The number of carbonyl (C=O) groups is 2. The van der Waals surface area contributed by atoms with Crippen LogP contribution < -0.4 is 11.1 Å². The zero-order valence-corrected chi connectivity index (χ0v) is 16.1. The smallest absolute Gasteiger partial charge is 0.410 e. The first kappa shape index (κ1) is 20.7. The number of nitrogens with one attached hydrogen (secondary N) is 1. The standard InChI is InChI=1S/C18H35N3O3/c1-7-21(17(23)24-18(4,5)6)14-11-9-8-10-13(14)20-16(22)15(19)12(2)3/h12-15H,7-11,19H2,1-6H3,(H,20,22)/t13-,14+,15-/m0/s1. The Morgan fingerprint density at radius 3 is 2.33 bits per heavy atom. The van der Waals surface area contributed by atoms with E-state index in [-0.39, 0.29) is 30.0 Å². The van der Waals surface area contributed by atoms with E-state index >= 15 is 0 Å². The van der Waals surface area contributed by atoms with Crippen LogP contribution in [0.2, 0.25) is 0 Å². The van der Waals surface area contributed by atoms with Crippen LogP contribution in [0.4, 0.5) is 4.79 Å². The minimum Gasteiger partial charge on any atom is -0.444 e. The number of ether oxygens (including phenoxy) is 1. The molecule has 0 unspecified atom stereocenters. The first-order valence-electron chi connectivity index (χ1n) is 9.12. The van der Waals surface area contributed by atoms with E-state index in [0.29, 0.717) is 6.54 Å². The van der Waals surface area contributed by atoms with Crippen molar-refractivity contribution in [3.8, 4) is 0 Å². The normalized spacial score (nSPS) is 22.8. The largest absolute Gasteiger partial charge is 0.444 e. The average Bonchev–Trinajstić information content (AvgIpc) is 2.46. The maximum Gasteiger partial charge on any atom is 0.410 e. The monoisotopic (exact) mass is 341 g/mol. The van der Waals surface area contributed by atoms with Crippen molar-refractivity contribution in [3.63, 3.8) is 0 Å². The van der Waals surface area contributed by atoms with Gasteiger partial charge in [0, 0.05) is 12.6 Å². The molecule has 3 atom stereocenters. The summed E-state index contributed by atoms with van der Waals surface area (Å²) in [5.74, 6) is -0.0534. The minimum atomic E-state index is -0.530. The van der Waals surface area contributed by atoms with Crippen LogP contribution in [0.25, 0.3) is 0 Å². The van der Waals surface area contributed by atoms with E-state index in [4.69, 9.17) is 10.5 Å². The summed E-state index contributed by atoms with van der Waals surface area (Å²) < 4.78 is 5.53. The molecule has 0 bridgehead atoms. The van der Waals surface area contributed by atoms with Crippen molar-refractivity contribution in [2.75, 3.05) is 6.54 Å². The van der Waals surface area contributed by atoms with Gasteiger partial charge < -0.3 is 20.7 Å². The molecule has 0 spiro atoms. The summed E-state index contributed by atoms with van der Waals surface area (Å²) in [6.07, 6.45) is 3.51. The molecule has 1 fully saturated rings. The number of nitrogens with zero attached hydrogens (tertiary/aromatic N) is 1. The Kier molecular flexibility index (Phi) is 7.52. The van der Waals surface area contributed by atoms with E-state index < -0.39 is 11.6 Å². The van der Waals surface area contributed by atoms with Gasteiger partial charge in [-0.15, -0.1) is 0 Å². The second-order valence-corrected chi connectivity index (χ2v) is 8.00. The van der Waals surface area contributed by atoms with E-state index in [0.717, 1.165) is 25.7 Å². The van der Waals surface area contributed by atoms with Gasteiger partial charge in [0.1, 0.15) is 5.60 Å². The number of hydrogen-bond donors (Lipinski definition) is 2. The van der Waals surface area contributed by atoms with Crippen LogP contribution in [-0.2, 0) is 9.53 Å². The molecule has 24 heavy (non-hydrogen) atoms. The van der Waals surface area contributed by atoms with Crippen molar-refractivity contribution in [2.45, 2.75) is 91.0 Å². The summed E-state index contributed by atoms with van der Waals surface area (Å²) in [6, 6.07) is -0.630. The van der Waals surface area contributed by atoms with Crippen molar-refractivity contribution in [2.24, 2.45) is 11.7 Å². The SMILES string of the molecule is CCN(C(=O)OC(C)(C)C)[C@@H]1CCCC[C@@H]1NC(=O)[C@@H](N)C(C)C. The maximum atomic E-state index is 12.5. The number of carbonyl (C=O) groups excluding carboxylic acids is 2. The van der Waals surface area contributed by atoms with Crippen LogP contribution in [-0.4, -0.2) is 47.2 Å². The van der Waals surface area contributed by atoms with Gasteiger partial charge in [-0.25, -0.2) is 4.79 Å². The van der Waals surface area contributed by atoms with Gasteiger partial charge in [-0.3, -0.25) is 4.79 Å². The van der Waals surface area contributed by atoms with Crippen molar-refractivity contribution in [1.29, 1.82) is 0 Å². The summed E-state index contributed by atoms with van der Waals surface area (Å²) in [6.45, 7) is 11.9. The quantitative estimate of drug-likeness (QED) is 0.805. The molecule has 0 saturated heterocycles. The fourth-order valence-electron chi connectivity index (χ4n) is 3.05. The lowest BCUT2D eigenvalue weighted by molar-refractivity contribution is -0.124. The van der Waals surface area contributed by atoms with Crippen molar-refractivity contribution in [1.82, 2.24) is 10.2 Å². The van der Waals surface area contributed by atoms with Gasteiger partial charge in [-0.05, 0) is 46.5 Å². The molecule has 140 valence electrons. The highest BCUT2D eigenvalue weighted by atomic mass is 16.6. The molecule has 1 saturated carbocycles. The van der Waals surface area contributed by atoms with Crippen molar-refractivity contribution >= 4 is 12.0 Å².